The van der Waals surface area contributed by atoms with E-state index in [9.17, 15) is 0 Å². The Morgan fingerprint density at radius 2 is 1.86 bits per heavy atom. The maximum absolute atomic E-state index is 5.24. The van der Waals surface area contributed by atoms with E-state index in [1.807, 2.05) is 25.1 Å². The molecular formula is C11H15NS2. The molecule has 0 bridgehead atoms. The maximum Gasteiger partial charge on any atom is 0.136 e. The first-order valence-corrected chi connectivity index (χ1v) is 5.83. The van der Waals surface area contributed by atoms with Gasteiger partial charge in [-0.2, -0.15) is 0 Å². The summed E-state index contributed by atoms with van der Waals surface area (Å²) in [7, 11) is 3.96. The minimum Gasteiger partial charge on any atom is -0.364 e. The lowest BCUT2D eigenvalue weighted by atomic mass is 10.2. The highest BCUT2D eigenvalue weighted by atomic mass is 32.2. The second kappa shape index (κ2) is 5.37. The van der Waals surface area contributed by atoms with Crippen LogP contribution in [0, 0.1) is 0 Å². The summed E-state index contributed by atoms with van der Waals surface area (Å²) < 4.78 is 0.932. The van der Waals surface area contributed by atoms with Gasteiger partial charge in [0.05, 0.1) is 0 Å². The predicted octanol–water partition coefficient (Wildman–Crippen LogP) is 3.33. The Balaban J connectivity index is 2.59. The molecule has 3 heteroatoms. The van der Waals surface area contributed by atoms with E-state index in [0.29, 0.717) is 5.25 Å². The second-order valence-corrected chi connectivity index (χ2v) is 5.31. The lowest BCUT2D eigenvalue weighted by molar-refractivity contribution is 0.647. The molecule has 0 aliphatic rings. The molecule has 0 saturated carbocycles. The highest BCUT2D eigenvalue weighted by molar-refractivity contribution is 8.23. The van der Waals surface area contributed by atoms with Crippen molar-refractivity contribution in [3.63, 3.8) is 0 Å². The zero-order chi connectivity index (χ0) is 10.6. The summed E-state index contributed by atoms with van der Waals surface area (Å²) in [5.41, 5.74) is 1.32. The molecule has 1 unspecified atom stereocenters. The molecule has 1 nitrogen and oxygen atoms in total. The van der Waals surface area contributed by atoms with Gasteiger partial charge in [-0.25, -0.2) is 0 Å². The summed E-state index contributed by atoms with van der Waals surface area (Å²) in [4.78, 5) is 1.97. The molecule has 0 radical (unpaired) electrons. The smallest absolute Gasteiger partial charge is 0.136 e. The fourth-order valence-corrected chi connectivity index (χ4v) is 2.29. The molecule has 1 aromatic carbocycles. The number of hydrogen-bond acceptors (Lipinski definition) is 2. The van der Waals surface area contributed by atoms with Crippen molar-refractivity contribution in [2.75, 3.05) is 14.1 Å². The average Bonchev–Trinajstić information content (AvgIpc) is 2.19. The summed E-state index contributed by atoms with van der Waals surface area (Å²) in [6.45, 7) is 2.18. The molecule has 1 aromatic rings. The second-order valence-electron chi connectivity index (χ2n) is 3.33. The molecule has 1 rings (SSSR count). The van der Waals surface area contributed by atoms with Crippen LogP contribution in [-0.4, -0.2) is 23.3 Å². The van der Waals surface area contributed by atoms with Gasteiger partial charge in [-0.05, 0) is 12.5 Å². The quantitative estimate of drug-likeness (QED) is 0.711. The number of rotatable bonds is 2. The third-order valence-corrected chi connectivity index (χ3v) is 3.76. The Kier molecular flexibility index (Phi) is 4.42. The zero-order valence-electron chi connectivity index (χ0n) is 8.73. The summed E-state index contributed by atoms with van der Waals surface area (Å²) in [5, 5.41) is 0.422. The van der Waals surface area contributed by atoms with E-state index >= 15 is 0 Å². The first kappa shape index (κ1) is 11.5. The molecule has 0 spiro atoms. The van der Waals surface area contributed by atoms with Gasteiger partial charge in [0.2, 0.25) is 0 Å². The van der Waals surface area contributed by atoms with Crippen LogP contribution in [0.1, 0.15) is 17.7 Å². The van der Waals surface area contributed by atoms with Crippen LogP contribution in [-0.2, 0) is 0 Å². The van der Waals surface area contributed by atoms with Crippen molar-refractivity contribution in [2.45, 2.75) is 12.2 Å². The Morgan fingerprint density at radius 3 is 2.36 bits per heavy atom. The minimum atomic E-state index is 0.422. The molecule has 0 aliphatic heterocycles. The van der Waals surface area contributed by atoms with Crippen LogP contribution in [0.15, 0.2) is 30.3 Å². The van der Waals surface area contributed by atoms with E-state index in [2.05, 4.69) is 31.2 Å². The van der Waals surface area contributed by atoms with Crippen LogP contribution in [0.4, 0.5) is 0 Å². The summed E-state index contributed by atoms with van der Waals surface area (Å²) in [6.07, 6.45) is 0. The van der Waals surface area contributed by atoms with E-state index < -0.39 is 0 Å². The largest absolute Gasteiger partial charge is 0.364 e. The van der Waals surface area contributed by atoms with Crippen LogP contribution >= 0.6 is 24.0 Å². The van der Waals surface area contributed by atoms with Crippen molar-refractivity contribution >= 4 is 28.3 Å². The maximum atomic E-state index is 5.24. The lowest BCUT2D eigenvalue weighted by Crippen LogP contribution is -2.16. The van der Waals surface area contributed by atoms with E-state index in [0.717, 1.165) is 4.32 Å². The molecule has 0 N–H and O–H groups in total. The molecule has 0 amide bonds. The van der Waals surface area contributed by atoms with Crippen LogP contribution < -0.4 is 0 Å². The van der Waals surface area contributed by atoms with Crippen LogP contribution in [0.5, 0.6) is 0 Å². The monoisotopic (exact) mass is 225 g/mol. The number of nitrogens with zero attached hydrogens (tertiary/aromatic N) is 1. The van der Waals surface area contributed by atoms with E-state index in [1.165, 1.54) is 5.56 Å². The molecule has 0 fully saturated rings. The first-order valence-electron chi connectivity index (χ1n) is 4.54. The summed E-state index contributed by atoms with van der Waals surface area (Å²) in [5.74, 6) is 0. The van der Waals surface area contributed by atoms with Crippen LogP contribution in [0.2, 0.25) is 0 Å². The minimum absolute atomic E-state index is 0.422. The van der Waals surface area contributed by atoms with Gasteiger partial charge in [-0.1, -0.05) is 54.3 Å². The Bertz CT molecular complexity index is 295. The van der Waals surface area contributed by atoms with Crippen LogP contribution in [0.25, 0.3) is 0 Å². The van der Waals surface area contributed by atoms with E-state index in [-0.39, 0.29) is 0 Å². The number of hydrogen-bond donors (Lipinski definition) is 0. The van der Waals surface area contributed by atoms with Crippen molar-refractivity contribution < 1.29 is 0 Å². The molecule has 0 saturated heterocycles. The van der Waals surface area contributed by atoms with Gasteiger partial charge in [-0.15, -0.1) is 0 Å². The van der Waals surface area contributed by atoms with Gasteiger partial charge in [0.25, 0.3) is 0 Å². The fraction of sp³-hybridized carbons (Fsp3) is 0.364. The Labute approximate surface area is 95.5 Å². The highest BCUT2D eigenvalue weighted by Gasteiger charge is 2.09. The number of thioether (sulfide) groups is 1. The number of benzene rings is 1. The van der Waals surface area contributed by atoms with Gasteiger partial charge >= 0.3 is 0 Å². The standard InChI is InChI=1S/C11H15NS2/c1-9(14-11(13)12(2)3)10-7-5-4-6-8-10/h4-9H,1-3H3. The van der Waals surface area contributed by atoms with E-state index in [1.54, 1.807) is 11.8 Å². The van der Waals surface area contributed by atoms with Crippen molar-refractivity contribution in [3.05, 3.63) is 35.9 Å². The molecule has 0 aliphatic carbocycles. The SMILES string of the molecule is CC(SC(=S)N(C)C)c1ccccc1. The van der Waals surface area contributed by atoms with Crippen molar-refractivity contribution in [1.29, 1.82) is 0 Å². The molecule has 76 valence electrons. The van der Waals surface area contributed by atoms with Crippen molar-refractivity contribution in [3.8, 4) is 0 Å². The van der Waals surface area contributed by atoms with Crippen molar-refractivity contribution in [1.82, 2.24) is 4.90 Å². The van der Waals surface area contributed by atoms with Crippen LogP contribution in [0.3, 0.4) is 0 Å². The van der Waals surface area contributed by atoms with Gasteiger partial charge in [0.15, 0.2) is 0 Å². The third kappa shape index (κ3) is 3.31. The summed E-state index contributed by atoms with van der Waals surface area (Å²) >= 11 is 6.96. The molecular weight excluding hydrogens is 210 g/mol. The molecule has 1 atom stereocenters. The highest BCUT2D eigenvalue weighted by Crippen LogP contribution is 2.29. The van der Waals surface area contributed by atoms with Crippen molar-refractivity contribution in [2.24, 2.45) is 0 Å². The average molecular weight is 225 g/mol. The predicted molar refractivity (Wildman–Crippen MR) is 68.7 cm³/mol. The third-order valence-electron chi connectivity index (χ3n) is 1.91. The van der Waals surface area contributed by atoms with Gasteiger partial charge in [-0.3, -0.25) is 0 Å². The Hall–Kier alpha value is -0.540. The summed E-state index contributed by atoms with van der Waals surface area (Å²) in [6, 6.07) is 10.4. The molecule has 0 heterocycles. The Morgan fingerprint density at radius 1 is 1.29 bits per heavy atom. The van der Waals surface area contributed by atoms with Gasteiger partial charge in [0.1, 0.15) is 4.32 Å². The fourth-order valence-electron chi connectivity index (χ4n) is 1.05. The molecule has 0 aromatic heterocycles. The van der Waals surface area contributed by atoms with Gasteiger partial charge < -0.3 is 4.90 Å². The number of thiocarbonyl (C=S) groups is 1. The normalized spacial score (nSPS) is 12.2. The zero-order valence-corrected chi connectivity index (χ0v) is 10.4. The van der Waals surface area contributed by atoms with Gasteiger partial charge in [0, 0.05) is 19.3 Å². The van der Waals surface area contributed by atoms with E-state index in [4.69, 9.17) is 12.2 Å². The first-order chi connectivity index (χ1) is 6.61. The topological polar surface area (TPSA) is 3.24 Å². The lowest BCUT2D eigenvalue weighted by Gasteiger charge is -2.17. The molecule has 14 heavy (non-hydrogen) atoms.